The van der Waals surface area contributed by atoms with Crippen LogP contribution in [0.15, 0.2) is 71.9 Å². The topological polar surface area (TPSA) is 140 Å². The van der Waals surface area contributed by atoms with Crippen LogP contribution in [0, 0.1) is 28.6 Å². The molecule has 0 radical (unpaired) electrons. The third kappa shape index (κ3) is 9.75. The van der Waals surface area contributed by atoms with Crippen LogP contribution in [0.4, 0.5) is 5.69 Å². The number of carbonyl (C=O) groups is 1. The molecule has 1 fully saturated rings. The maximum absolute atomic E-state index is 13.2. The molecule has 0 saturated carbocycles. The van der Waals surface area contributed by atoms with Gasteiger partial charge in [-0.25, -0.2) is 4.99 Å². The van der Waals surface area contributed by atoms with Crippen molar-refractivity contribution in [2.24, 2.45) is 10.4 Å². The molecule has 4 N–H and O–H groups in total. The number of aryl methyl sites for hydroxylation is 1. The zero-order valence-corrected chi connectivity index (χ0v) is 29.4. The quantitative estimate of drug-likeness (QED) is 0.141. The van der Waals surface area contributed by atoms with E-state index in [2.05, 4.69) is 23.5 Å². The third-order valence-electron chi connectivity index (χ3n) is 9.30. The van der Waals surface area contributed by atoms with Crippen LogP contribution in [0.25, 0.3) is 0 Å². The maximum atomic E-state index is 13.2. The number of aliphatic imine (C=N–C) groups is 1. The van der Waals surface area contributed by atoms with Crippen LogP contribution < -0.4 is 15.5 Å². The van der Waals surface area contributed by atoms with E-state index in [1.165, 1.54) is 5.56 Å². The molecule has 1 amide bonds. The van der Waals surface area contributed by atoms with Crippen LogP contribution in [-0.4, -0.2) is 59.2 Å². The van der Waals surface area contributed by atoms with Gasteiger partial charge in [0.15, 0.2) is 0 Å². The molecular formula is C39H51N7O3. The first-order valence-electron chi connectivity index (χ1n) is 17.4. The number of ether oxygens (including phenoxy) is 2. The lowest BCUT2D eigenvalue weighted by atomic mass is 9.79. The highest BCUT2D eigenvalue weighted by molar-refractivity contribution is 6.10. The largest absolute Gasteiger partial charge is 0.484 e. The van der Waals surface area contributed by atoms with Gasteiger partial charge in [0.05, 0.1) is 18.5 Å². The maximum Gasteiger partial charge on any atom is 0.225 e. The van der Waals surface area contributed by atoms with Gasteiger partial charge in [0, 0.05) is 38.2 Å². The second kappa shape index (κ2) is 16.2. The molecule has 260 valence electrons. The molecule has 49 heavy (non-hydrogen) atoms. The Bertz CT molecular complexity index is 1710. The van der Waals surface area contributed by atoms with E-state index in [9.17, 15) is 4.79 Å². The lowest BCUT2D eigenvalue weighted by Crippen LogP contribution is -2.41. The van der Waals surface area contributed by atoms with Gasteiger partial charge in [-0.05, 0) is 85.8 Å². The zero-order chi connectivity index (χ0) is 35.0. The number of amides is 1. The lowest BCUT2D eigenvalue weighted by Gasteiger charge is -2.32. The van der Waals surface area contributed by atoms with E-state index in [1.807, 2.05) is 69.0 Å². The molecule has 2 atom stereocenters. The second-order valence-corrected chi connectivity index (χ2v) is 14.1. The van der Waals surface area contributed by atoms with E-state index in [4.69, 9.17) is 30.7 Å². The van der Waals surface area contributed by atoms with Gasteiger partial charge in [-0.1, -0.05) is 62.7 Å². The Kier molecular flexibility index (Phi) is 11.8. The van der Waals surface area contributed by atoms with Gasteiger partial charge in [-0.3, -0.25) is 20.2 Å². The Morgan fingerprint density at radius 1 is 1.00 bits per heavy atom. The van der Waals surface area contributed by atoms with Crippen molar-refractivity contribution in [2.75, 3.05) is 26.3 Å². The molecule has 1 aliphatic carbocycles. The van der Waals surface area contributed by atoms with Crippen molar-refractivity contribution in [1.82, 2.24) is 14.8 Å². The molecule has 0 spiro atoms. The van der Waals surface area contributed by atoms with E-state index in [1.54, 1.807) is 16.8 Å². The summed E-state index contributed by atoms with van der Waals surface area (Å²) >= 11 is 0. The zero-order valence-electron chi connectivity index (χ0n) is 29.4. The Balaban J connectivity index is 1.21. The predicted octanol–water partition coefficient (Wildman–Crippen LogP) is 7.25. The number of pyridine rings is 1. The van der Waals surface area contributed by atoms with Crippen molar-refractivity contribution in [3.63, 3.8) is 0 Å². The SMILES string of the molecule is Cc1ccc(N=C(CC(=N)C(C)(C)C)NC(=O)CCCC2CCC(Oc3ccc(=N)n(C(=N)N4CCCOCC4)c3)c3ccccc32)cc1. The Labute approximate surface area is 290 Å². The standard InChI is InChI=1S/C39H51N7O3/c1-27-13-16-29(17-14-27)43-36(25-34(40)39(2,3)4)44-37(47)12-7-9-28-15-19-33(32-11-6-5-10-31(28)32)49-30-18-20-35(41)46(26-30)38(42)45-21-8-23-48-24-22-45/h5-6,10-11,13-14,16-18,20,26,28,33,40-42H,7-9,12,15,19,21-25H2,1-4H3,(H,43,44,47). The second-order valence-electron chi connectivity index (χ2n) is 14.1. The molecule has 5 rings (SSSR count). The summed E-state index contributed by atoms with van der Waals surface area (Å²) in [7, 11) is 0. The van der Waals surface area contributed by atoms with Crippen LogP contribution >= 0.6 is 0 Å². The van der Waals surface area contributed by atoms with Crippen LogP contribution in [0.3, 0.4) is 0 Å². The first kappa shape index (κ1) is 35.7. The monoisotopic (exact) mass is 665 g/mol. The van der Waals surface area contributed by atoms with Gasteiger partial charge in [0.1, 0.15) is 23.2 Å². The fourth-order valence-electron chi connectivity index (χ4n) is 6.31. The van der Waals surface area contributed by atoms with Crippen molar-refractivity contribution in [3.05, 3.63) is 89.0 Å². The van der Waals surface area contributed by atoms with Gasteiger partial charge in [0.2, 0.25) is 11.9 Å². The fraction of sp³-hybridized carbons (Fsp3) is 0.462. The number of hydrogen-bond donors (Lipinski definition) is 4. The van der Waals surface area contributed by atoms with Crippen LogP contribution in [0.2, 0.25) is 0 Å². The Morgan fingerprint density at radius 2 is 1.76 bits per heavy atom. The summed E-state index contributed by atoms with van der Waals surface area (Å²) in [5.74, 6) is 1.63. The van der Waals surface area contributed by atoms with E-state index < -0.39 is 0 Å². The molecule has 10 heteroatoms. The minimum absolute atomic E-state index is 0.0812. The number of hydrogen-bond acceptors (Lipinski definition) is 7. The summed E-state index contributed by atoms with van der Waals surface area (Å²) in [5.41, 5.74) is 4.74. The molecule has 2 aromatic carbocycles. The molecule has 1 aromatic heterocycles. The molecule has 10 nitrogen and oxygen atoms in total. The van der Waals surface area contributed by atoms with Crippen molar-refractivity contribution in [3.8, 4) is 5.75 Å². The molecular weight excluding hydrogens is 614 g/mol. The lowest BCUT2D eigenvalue weighted by molar-refractivity contribution is -0.119. The number of benzene rings is 2. The van der Waals surface area contributed by atoms with Crippen molar-refractivity contribution in [1.29, 1.82) is 16.2 Å². The number of carbonyl (C=O) groups excluding carboxylic acids is 1. The predicted molar refractivity (Wildman–Crippen MR) is 194 cm³/mol. The van der Waals surface area contributed by atoms with Gasteiger partial charge in [-0.15, -0.1) is 0 Å². The number of amidine groups is 1. The molecule has 2 aliphatic rings. The van der Waals surface area contributed by atoms with Gasteiger partial charge in [0.25, 0.3) is 0 Å². The van der Waals surface area contributed by atoms with E-state index in [0.717, 1.165) is 55.5 Å². The van der Waals surface area contributed by atoms with Gasteiger partial charge in [-0.2, -0.15) is 0 Å². The number of rotatable bonds is 9. The normalized spacial score (nSPS) is 18.3. The van der Waals surface area contributed by atoms with Crippen molar-refractivity contribution < 1.29 is 14.3 Å². The summed E-state index contributed by atoms with van der Waals surface area (Å²) in [6.45, 7) is 10.6. The van der Waals surface area contributed by atoms with Gasteiger partial charge < -0.3 is 25.1 Å². The minimum atomic E-state index is -0.313. The highest BCUT2D eigenvalue weighted by Crippen LogP contribution is 2.42. The van der Waals surface area contributed by atoms with E-state index in [-0.39, 0.29) is 28.9 Å². The van der Waals surface area contributed by atoms with Crippen LogP contribution in [0.1, 0.15) is 94.4 Å². The Morgan fingerprint density at radius 3 is 2.51 bits per heavy atom. The summed E-state index contributed by atoms with van der Waals surface area (Å²) in [4.78, 5) is 19.8. The van der Waals surface area contributed by atoms with Crippen molar-refractivity contribution in [2.45, 2.75) is 84.7 Å². The molecule has 2 unspecified atom stereocenters. The smallest absolute Gasteiger partial charge is 0.225 e. The first-order valence-corrected chi connectivity index (χ1v) is 17.4. The highest BCUT2D eigenvalue weighted by atomic mass is 16.5. The average Bonchev–Trinajstić information content (AvgIpc) is 3.37. The molecule has 0 bridgehead atoms. The molecule has 2 heterocycles. The van der Waals surface area contributed by atoms with E-state index >= 15 is 0 Å². The summed E-state index contributed by atoms with van der Waals surface area (Å²) < 4.78 is 13.7. The molecule has 1 saturated heterocycles. The van der Waals surface area contributed by atoms with E-state index in [0.29, 0.717) is 55.8 Å². The summed E-state index contributed by atoms with van der Waals surface area (Å²) in [6, 6.07) is 19.7. The Hall–Kier alpha value is -4.57. The number of nitrogens with one attached hydrogen (secondary N) is 4. The number of nitrogens with zero attached hydrogens (tertiary/aromatic N) is 3. The fourth-order valence-corrected chi connectivity index (χ4v) is 6.31. The summed E-state index contributed by atoms with van der Waals surface area (Å²) in [5, 5.41) is 28.8. The van der Waals surface area contributed by atoms with Crippen molar-refractivity contribution >= 4 is 29.1 Å². The number of fused-ring (bicyclic) bond motifs is 1. The van der Waals surface area contributed by atoms with Crippen LogP contribution in [-0.2, 0) is 9.53 Å². The minimum Gasteiger partial charge on any atom is -0.484 e. The third-order valence-corrected chi connectivity index (χ3v) is 9.30. The average molecular weight is 666 g/mol. The van der Waals surface area contributed by atoms with Gasteiger partial charge >= 0.3 is 0 Å². The number of aromatic nitrogens is 1. The highest BCUT2D eigenvalue weighted by Gasteiger charge is 2.29. The first-order chi connectivity index (χ1) is 23.5. The van der Waals surface area contributed by atoms with Crippen LogP contribution in [0.5, 0.6) is 5.75 Å². The molecule has 3 aromatic rings. The summed E-state index contributed by atoms with van der Waals surface area (Å²) in [6.07, 6.45) is 6.52. The molecule has 1 aliphatic heterocycles.